The van der Waals surface area contributed by atoms with Crippen molar-refractivity contribution in [1.82, 2.24) is 4.98 Å². The molecule has 0 radical (unpaired) electrons. The molecule has 0 fully saturated rings. The average molecular weight is 273 g/mol. The highest BCUT2D eigenvalue weighted by molar-refractivity contribution is 5.88. The molecule has 1 aromatic heterocycles. The second kappa shape index (κ2) is 5.48. The number of anilines is 2. The predicted octanol–water partition coefficient (Wildman–Crippen LogP) is 2.22. The van der Waals surface area contributed by atoms with E-state index in [9.17, 15) is 4.79 Å². The predicted molar refractivity (Wildman–Crippen MR) is 76.5 cm³/mol. The molecule has 2 rings (SSSR count). The van der Waals surface area contributed by atoms with Crippen molar-refractivity contribution in [2.45, 2.75) is 0 Å². The zero-order chi connectivity index (χ0) is 14.7. The summed E-state index contributed by atoms with van der Waals surface area (Å²) in [6, 6.07) is 8.73. The second-order valence-electron chi connectivity index (χ2n) is 4.42. The van der Waals surface area contributed by atoms with Crippen LogP contribution in [0.3, 0.4) is 0 Å². The maximum Gasteiger partial charge on any atom is 0.337 e. The first kappa shape index (κ1) is 13.7. The topological polar surface area (TPSA) is 88.7 Å². The Hall–Kier alpha value is -2.76. The van der Waals surface area contributed by atoms with Crippen LogP contribution in [0.2, 0.25) is 0 Å². The van der Waals surface area contributed by atoms with Crippen molar-refractivity contribution in [3.8, 4) is 11.6 Å². The van der Waals surface area contributed by atoms with Gasteiger partial charge in [-0.25, -0.2) is 9.78 Å². The number of hydrogen-bond donors (Lipinski definition) is 2. The third-order valence-corrected chi connectivity index (χ3v) is 2.67. The van der Waals surface area contributed by atoms with Crippen LogP contribution in [-0.2, 0) is 0 Å². The van der Waals surface area contributed by atoms with Crippen LogP contribution in [0, 0.1) is 0 Å². The first-order valence-corrected chi connectivity index (χ1v) is 5.91. The van der Waals surface area contributed by atoms with Crippen LogP contribution in [0.1, 0.15) is 10.4 Å². The summed E-state index contributed by atoms with van der Waals surface area (Å²) in [5, 5.41) is 8.85. The van der Waals surface area contributed by atoms with Gasteiger partial charge in [0.05, 0.1) is 11.3 Å². The van der Waals surface area contributed by atoms with Gasteiger partial charge >= 0.3 is 5.97 Å². The third kappa shape index (κ3) is 2.97. The van der Waals surface area contributed by atoms with Gasteiger partial charge in [-0.1, -0.05) is 6.07 Å². The van der Waals surface area contributed by atoms with Crippen LogP contribution in [0.5, 0.6) is 11.6 Å². The van der Waals surface area contributed by atoms with Crippen molar-refractivity contribution in [3.63, 3.8) is 0 Å². The summed E-state index contributed by atoms with van der Waals surface area (Å²) in [4.78, 5) is 16.7. The summed E-state index contributed by atoms with van der Waals surface area (Å²) in [6.45, 7) is 0. The molecule has 0 spiro atoms. The second-order valence-corrected chi connectivity index (χ2v) is 4.42. The number of aromatic nitrogens is 1. The van der Waals surface area contributed by atoms with E-state index in [-0.39, 0.29) is 17.1 Å². The number of carbonyl (C=O) groups is 1. The molecule has 6 nitrogen and oxygen atoms in total. The number of nitrogens with two attached hydrogens (primary N) is 1. The van der Waals surface area contributed by atoms with Gasteiger partial charge in [0.15, 0.2) is 0 Å². The van der Waals surface area contributed by atoms with E-state index in [1.807, 2.05) is 37.2 Å². The fourth-order valence-electron chi connectivity index (χ4n) is 1.61. The summed E-state index contributed by atoms with van der Waals surface area (Å²) >= 11 is 0. The van der Waals surface area contributed by atoms with Gasteiger partial charge in [-0.2, -0.15) is 0 Å². The Labute approximate surface area is 116 Å². The number of rotatable bonds is 4. The van der Waals surface area contributed by atoms with Gasteiger partial charge in [0.25, 0.3) is 0 Å². The van der Waals surface area contributed by atoms with Gasteiger partial charge in [-0.05, 0) is 18.2 Å². The largest absolute Gasteiger partial charge is 0.478 e. The summed E-state index contributed by atoms with van der Waals surface area (Å²) < 4.78 is 5.58. The molecule has 0 unspecified atom stereocenters. The zero-order valence-electron chi connectivity index (χ0n) is 11.2. The molecule has 0 aliphatic rings. The van der Waals surface area contributed by atoms with E-state index in [0.29, 0.717) is 5.75 Å². The normalized spacial score (nSPS) is 10.1. The molecular weight excluding hydrogens is 258 g/mol. The molecule has 1 aromatic carbocycles. The van der Waals surface area contributed by atoms with E-state index >= 15 is 0 Å². The van der Waals surface area contributed by atoms with E-state index < -0.39 is 5.97 Å². The maximum atomic E-state index is 10.8. The lowest BCUT2D eigenvalue weighted by Crippen LogP contribution is -2.08. The molecule has 20 heavy (non-hydrogen) atoms. The summed E-state index contributed by atoms with van der Waals surface area (Å²) in [6.07, 6.45) is 1.21. The highest BCUT2D eigenvalue weighted by atomic mass is 16.5. The highest BCUT2D eigenvalue weighted by Gasteiger charge is 2.10. The van der Waals surface area contributed by atoms with Crippen molar-refractivity contribution in [2.24, 2.45) is 0 Å². The van der Waals surface area contributed by atoms with Crippen LogP contribution < -0.4 is 15.4 Å². The SMILES string of the molecule is CN(C)c1cccc(Oc2ncc(C(=O)O)cc2N)c1. The van der Waals surface area contributed by atoms with E-state index in [1.165, 1.54) is 12.3 Å². The summed E-state index contributed by atoms with van der Waals surface area (Å²) in [5.74, 6) is -0.310. The summed E-state index contributed by atoms with van der Waals surface area (Å²) in [7, 11) is 3.85. The third-order valence-electron chi connectivity index (χ3n) is 2.67. The van der Waals surface area contributed by atoms with Crippen LogP contribution in [0.15, 0.2) is 36.5 Å². The molecule has 0 aliphatic carbocycles. The van der Waals surface area contributed by atoms with Crippen molar-refractivity contribution in [2.75, 3.05) is 24.7 Å². The lowest BCUT2D eigenvalue weighted by atomic mass is 10.2. The minimum Gasteiger partial charge on any atom is -0.478 e. The molecular formula is C14H15N3O3. The molecule has 0 saturated carbocycles. The number of hydrogen-bond acceptors (Lipinski definition) is 5. The summed E-state index contributed by atoms with van der Waals surface area (Å²) in [5.41, 5.74) is 6.92. The molecule has 104 valence electrons. The molecule has 0 amide bonds. The van der Waals surface area contributed by atoms with Gasteiger partial charge in [0, 0.05) is 32.0 Å². The lowest BCUT2D eigenvalue weighted by molar-refractivity contribution is 0.0696. The zero-order valence-corrected chi connectivity index (χ0v) is 11.2. The Bertz CT molecular complexity index is 641. The molecule has 0 bridgehead atoms. The molecule has 0 aliphatic heterocycles. The highest BCUT2D eigenvalue weighted by Crippen LogP contribution is 2.27. The van der Waals surface area contributed by atoms with Crippen LogP contribution >= 0.6 is 0 Å². The monoisotopic (exact) mass is 273 g/mol. The number of aromatic carboxylic acids is 1. The van der Waals surface area contributed by atoms with Crippen molar-refractivity contribution in [3.05, 3.63) is 42.1 Å². The van der Waals surface area contributed by atoms with Crippen LogP contribution in [-0.4, -0.2) is 30.2 Å². The number of pyridine rings is 1. The van der Waals surface area contributed by atoms with Crippen LogP contribution in [0.25, 0.3) is 0 Å². The van der Waals surface area contributed by atoms with E-state index in [2.05, 4.69) is 4.98 Å². The quantitative estimate of drug-likeness (QED) is 0.888. The number of nitrogens with zero attached hydrogens (tertiary/aromatic N) is 2. The Balaban J connectivity index is 2.26. The first-order chi connectivity index (χ1) is 9.47. The Morgan fingerprint density at radius 2 is 2.10 bits per heavy atom. The fourth-order valence-corrected chi connectivity index (χ4v) is 1.61. The Kier molecular flexibility index (Phi) is 3.74. The average Bonchev–Trinajstić information content (AvgIpc) is 2.41. The van der Waals surface area contributed by atoms with E-state index in [4.69, 9.17) is 15.6 Å². The number of benzene rings is 1. The molecule has 3 N–H and O–H groups in total. The standard InChI is InChI=1S/C14H15N3O3/c1-17(2)10-4-3-5-11(7-10)20-13-12(15)6-9(8-16-13)14(18)19/h3-8H,15H2,1-2H3,(H,18,19). The van der Waals surface area contributed by atoms with Crippen molar-refractivity contribution >= 4 is 17.3 Å². The Morgan fingerprint density at radius 1 is 1.35 bits per heavy atom. The van der Waals surface area contributed by atoms with Crippen LogP contribution in [0.4, 0.5) is 11.4 Å². The first-order valence-electron chi connectivity index (χ1n) is 5.91. The van der Waals surface area contributed by atoms with Gasteiger partial charge < -0.3 is 20.5 Å². The van der Waals surface area contributed by atoms with Gasteiger partial charge in [0.1, 0.15) is 5.75 Å². The van der Waals surface area contributed by atoms with Gasteiger partial charge in [-0.15, -0.1) is 0 Å². The molecule has 1 heterocycles. The van der Waals surface area contributed by atoms with E-state index in [1.54, 1.807) is 6.07 Å². The molecule has 2 aromatic rings. The van der Waals surface area contributed by atoms with Crippen molar-refractivity contribution in [1.29, 1.82) is 0 Å². The van der Waals surface area contributed by atoms with Crippen molar-refractivity contribution < 1.29 is 14.6 Å². The number of carboxylic acid groups (broad SMARTS) is 1. The van der Waals surface area contributed by atoms with Gasteiger partial charge in [0.2, 0.25) is 5.88 Å². The lowest BCUT2D eigenvalue weighted by Gasteiger charge is -2.14. The minimum absolute atomic E-state index is 0.0249. The molecule has 6 heteroatoms. The number of ether oxygens (including phenoxy) is 1. The Morgan fingerprint density at radius 3 is 2.70 bits per heavy atom. The maximum absolute atomic E-state index is 10.8. The number of carboxylic acids is 1. The fraction of sp³-hybridized carbons (Fsp3) is 0.143. The van der Waals surface area contributed by atoms with Gasteiger partial charge in [-0.3, -0.25) is 0 Å². The smallest absolute Gasteiger partial charge is 0.337 e. The number of nitrogen functional groups attached to an aromatic ring is 1. The minimum atomic E-state index is -1.08. The molecule has 0 saturated heterocycles. The van der Waals surface area contributed by atoms with E-state index in [0.717, 1.165) is 5.69 Å². The molecule has 0 atom stereocenters.